The molecule has 0 amide bonds. The van der Waals surface area contributed by atoms with Crippen LogP contribution in [0.1, 0.15) is 73.2 Å². The molecule has 1 saturated heterocycles. The Morgan fingerprint density at radius 1 is 1.21 bits per heavy atom. The van der Waals surface area contributed by atoms with Crippen LogP contribution in [-0.4, -0.2) is 48.3 Å². The Morgan fingerprint density at radius 2 is 1.96 bits per heavy atom. The van der Waals surface area contributed by atoms with Gasteiger partial charge in [0, 0.05) is 24.0 Å². The molecule has 0 bridgehead atoms. The molecular formula is C21H33N3O2S2. The number of thiophene rings is 1. The highest BCUT2D eigenvalue weighted by Crippen LogP contribution is 2.38. The van der Waals surface area contributed by atoms with E-state index in [0.29, 0.717) is 23.3 Å². The Kier molecular flexibility index (Phi) is 8.11. The molecule has 0 aromatic carbocycles. The Morgan fingerprint density at radius 3 is 2.68 bits per heavy atom. The molecule has 1 aromatic rings. The maximum absolute atomic E-state index is 12.7. The van der Waals surface area contributed by atoms with Gasteiger partial charge in [0.15, 0.2) is 5.11 Å². The molecule has 1 fully saturated rings. The Balaban J connectivity index is 1.66. The largest absolute Gasteiger partial charge is 0.462 e. The summed E-state index contributed by atoms with van der Waals surface area (Å²) in [5, 5.41) is 8.28. The predicted molar refractivity (Wildman–Crippen MR) is 121 cm³/mol. The highest BCUT2D eigenvalue weighted by atomic mass is 32.1. The van der Waals surface area contributed by atoms with Crippen LogP contribution >= 0.6 is 23.6 Å². The first kappa shape index (κ1) is 21.5. The average molecular weight is 424 g/mol. The van der Waals surface area contributed by atoms with Crippen LogP contribution in [0.4, 0.5) is 5.00 Å². The summed E-state index contributed by atoms with van der Waals surface area (Å²) in [7, 11) is 0. The van der Waals surface area contributed by atoms with Crippen LogP contribution in [0.2, 0.25) is 0 Å². The van der Waals surface area contributed by atoms with Crippen LogP contribution in [0.15, 0.2) is 0 Å². The molecule has 0 spiro atoms. The summed E-state index contributed by atoms with van der Waals surface area (Å²) in [6.07, 6.45) is 8.96. The third kappa shape index (κ3) is 5.45. The zero-order valence-corrected chi connectivity index (χ0v) is 18.8. The number of nitrogens with one attached hydrogen (secondary N) is 2. The van der Waals surface area contributed by atoms with Crippen LogP contribution in [-0.2, 0) is 17.6 Å². The monoisotopic (exact) mass is 423 g/mol. The van der Waals surface area contributed by atoms with Gasteiger partial charge < -0.3 is 20.3 Å². The van der Waals surface area contributed by atoms with Crippen molar-refractivity contribution in [2.45, 2.75) is 71.3 Å². The van der Waals surface area contributed by atoms with Gasteiger partial charge in [-0.15, -0.1) is 11.3 Å². The summed E-state index contributed by atoms with van der Waals surface area (Å²) in [5.74, 6) is -0.222. The van der Waals surface area contributed by atoms with Crippen molar-refractivity contribution in [3.8, 4) is 0 Å². The number of aryl methyl sites for hydroxylation is 1. The van der Waals surface area contributed by atoms with Crippen molar-refractivity contribution in [2.24, 2.45) is 0 Å². The molecule has 1 aliphatic carbocycles. The lowest BCUT2D eigenvalue weighted by Crippen LogP contribution is -2.46. The molecule has 156 valence electrons. The lowest BCUT2D eigenvalue weighted by molar-refractivity contribution is 0.0527. The number of esters is 1. The quantitative estimate of drug-likeness (QED) is 0.403. The number of anilines is 1. The first-order valence-electron chi connectivity index (χ1n) is 10.7. The van der Waals surface area contributed by atoms with Crippen molar-refractivity contribution in [3.05, 3.63) is 16.0 Å². The summed E-state index contributed by atoms with van der Waals surface area (Å²) < 4.78 is 5.36. The number of rotatable bonds is 6. The lowest BCUT2D eigenvalue weighted by atomic mass is 10.1. The molecule has 2 N–H and O–H groups in total. The zero-order valence-electron chi connectivity index (χ0n) is 17.1. The van der Waals surface area contributed by atoms with Gasteiger partial charge in [0.2, 0.25) is 0 Å². The number of thiocarbonyl (C=S) groups is 1. The van der Waals surface area contributed by atoms with Gasteiger partial charge >= 0.3 is 5.97 Å². The third-order valence-electron chi connectivity index (χ3n) is 5.59. The molecule has 28 heavy (non-hydrogen) atoms. The molecule has 1 aliphatic heterocycles. The number of fused-ring (bicyclic) bond motifs is 1. The fourth-order valence-corrected chi connectivity index (χ4v) is 5.81. The van der Waals surface area contributed by atoms with Crippen molar-refractivity contribution in [1.29, 1.82) is 0 Å². The molecular weight excluding hydrogens is 390 g/mol. The average Bonchev–Trinajstić information content (AvgIpc) is 2.84. The zero-order chi connectivity index (χ0) is 19.9. The van der Waals surface area contributed by atoms with E-state index >= 15 is 0 Å². The Labute approximate surface area is 178 Å². The number of piperidine rings is 1. The van der Waals surface area contributed by atoms with Gasteiger partial charge in [0.25, 0.3) is 0 Å². The van der Waals surface area contributed by atoms with E-state index in [4.69, 9.17) is 17.0 Å². The maximum atomic E-state index is 12.7. The third-order valence-corrected chi connectivity index (χ3v) is 7.02. The van der Waals surface area contributed by atoms with Crippen molar-refractivity contribution in [1.82, 2.24) is 10.2 Å². The van der Waals surface area contributed by atoms with Crippen molar-refractivity contribution < 1.29 is 9.53 Å². The normalized spacial score (nSPS) is 18.2. The van der Waals surface area contributed by atoms with E-state index in [-0.39, 0.29) is 5.97 Å². The minimum Gasteiger partial charge on any atom is -0.462 e. The van der Waals surface area contributed by atoms with Gasteiger partial charge in [-0.2, -0.15) is 0 Å². The number of hydrogen-bond acceptors (Lipinski definition) is 5. The number of ether oxygens (including phenoxy) is 1. The molecule has 0 radical (unpaired) electrons. The van der Waals surface area contributed by atoms with Crippen LogP contribution < -0.4 is 10.6 Å². The van der Waals surface area contributed by atoms with E-state index < -0.39 is 0 Å². The maximum Gasteiger partial charge on any atom is 0.341 e. The van der Waals surface area contributed by atoms with Crippen LogP contribution in [0, 0.1) is 0 Å². The SMILES string of the molecule is CCCN1CCC(NC(=S)Nc2sc3c(c2C(=O)OCC)CCCCC3)CC1. The van der Waals surface area contributed by atoms with E-state index in [1.165, 1.54) is 36.2 Å². The number of carbonyl (C=O) groups is 1. The molecule has 0 unspecified atom stereocenters. The Hall–Kier alpha value is -1.18. The molecule has 2 heterocycles. The van der Waals surface area contributed by atoms with E-state index in [1.54, 1.807) is 11.3 Å². The second-order valence-corrected chi connectivity index (χ2v) is 9.22. The van der Waals surface area contributed by atoms with Gasteiger partial charge in [-0.25, -0.2) is 4.79 Å². The van der Waals surface area contributed by atoms with E-state index in [2.05, 4.69) is 22.5 Å². The predicted octanol–water partition coefficient (Wildman–Crippen LogP) is 4.35. The molecule has 3 rings (SSSR count). The number of nitrogens with zero attached hydrogens (tertiary/aromatic N) is 1. The minimum absolute atomic E-state index is 0.222. The molecule has 0 atom stereocenters. The molecule has 1 aromatic heterocycles. The van der Waals surface area contributed by atoms with E-state index in [1.807, 2.05) is 6.92 Å². The van der Waals surface area contributed by atoms with E-state index in [9.17, 15) is 4.79 Å². The van der Waals surface area contributed by atoms with E-state index in [0.717, 1.165) is 50.2 Å². The summed E-state index contributed by atoms with van der Waals surface area (Å²) in [5.41, 5.74) is 1.89. The number of hydrogen-bond donors (Lipinski definition) is 2. The summed E-state index contributed by atoms with van der Waals surface area (Å²) in [6.45, 7) is 7.90. The van der Waals surface area contributed by atoms with Crippen molar-refractivity contribution in [3.63, 3.8) is 0 Å². The fraction of sp³-hybridized carbons (Fsp3) is 0.714. The highest BCUT2D eigenvalue weighted by molar-refractivity contribution is 7.80. The van der Waals surface area contributed by atoms with Gasteiger partial charge in [0.05, 0.1) is 12.2 Å². The second kappa shape index (κ2) is 10.6. The standard InChI is InChI=1S/C21H33N3O2S2/c1-3-12-24-13-10-15(11-14-24)22-21(27)23-19-18(20(25)26-4-2)16-8-6-5-7-9-17(16)28-19/h15H,3-14H2,1-2H3,(H2,22,23,27). The summed E-state index contributed by atoms with van der Waals surface area (Å²) in [4.78, 5) is 16.5. The van der Waals surface area contributed by atoms with Crippen LogP contribution in [0.5, 0.6) is 0 Å². The summed E-state index contributed by atoms with van der Waals surface area (Å²) >= 11 is 7.27. The second-order valence-electron chi connectivity index (χ2n) is 7.70. The number of likely N-dealkylation sites (tertiary alicyclic amines) is 1. The van der Waals surface area contributed by atoms with Crippen LogP contribution in [0.25, 0.3) is 0 Å². The van der Waals surface area contributed by atoms with Gasteiger partial charge in [-0.1, -0.05) is 13.3 Å². The van der Waals surface area contributed by atoms with Gasteiger partial charge in [-0.05, 0) is 76.2 Å². The topological polar surface area (TPSA) is 53.6 Å². The highest BCUT2D eigenvalue weighted by Gasteiger charge is 2.26. The Bertz CT molecular complexity index is 681. The minimum atomic E-state index is -0.222. The molecule has 7 heteroatoms. The van der Waals surface area contributed by atoms with Gasteiger partial charge in [-0.3, -0.25) is 0 Å². The van der Waals surface area contributed by atoms with Crippen molar-refractivity contribution in [2.75, 3.05) is 31.6 Å². The lowest BCUT2D eigenvalue weighted by Gasteiger charge is -2.32. The first-order valence-corrected chi connectivity index (χ1v) is 12.0. The first-order chi connectivity index (χ1) is 13.6. The number of carbonyl (C=O) groups excluding carboxylic acids is 1. The molecule has 5 nitrogen and oxygen atoms in total. The molecule has 0 saturated carbocycles. The smallest absolute Gasteiger partial charge is 0.341 e. The fourth-order valence-electron chi connectivity index (χ4n) is 4.19. The van der Waals surface area contributed by atoms with Crippen LogP contribution in [0.3, 0.4) is 0 Å². The van der Waals surface area contributed by atoms with Gasteiger partial charge in [0.1, 0.15) is 5.00 Å². The molecule has 2 aliphatic rings. The summed E-state index contributed by atoms with van der Waals surface area (Å²) in [6, 6.07) is 0.400. The van der Waals surface area contributed by atoms with Crippen molar-refractivity contribution >= 4 is 39.6 Å².